The summed E-state index contributed by atoms with van der Waals surface area (Å²) in [5, 5.41) is 9.60. The third-order valence-corrected chi connectivity index (χ3v) is 4.71. The zero-order valence-corrected chi connectivity index (χ0v) is 14.9. The highest BCUT2D eigenvalue weighted by Gasteiger charge is 2.19. The summed E-state index contributed by atoms with van der Waals surface area (Å²) in [6, 6.07) is 14.8. The van der Waals surface area contributed by atoms with Crippen molar-refractivity contribution < 1.29 is 14.3 Å². The molecule has 3 aromatic rings. The van der Waals surface area contributed by atoms with Crippen molar-refractivity contribution in [3.8, 4) is 22.1 Å². The van der Waals surface area contributed by atoms with Crippen LogP contribution >= 0.6 is 11.3 Å². The Hall–Kier alpha value is -2.93. The normalized spacial score (nSPS) is 10.4. The van der Waals surface area contributed by atoms with Gasteiger partial charge in [-0.25, -0.2) is 0 Å². The van der Waals surface area contributed by atoms with Crippen molar-refractivity contribution in [1.82, 2.24) is 10.2 Å². The molecule has 0 aliphatic rings. The summed E-state index contributed by atoms with van der Waals surface area (Å²) in [4.78, 5) is 14.2. The number of hydrogen-bond donors (Lipinski definition) is 0. The highest BCUT2D eigenvalue weighted by molar-refractivity contribution is 7.18. The number of carbonyl (C=O) groups excluding carboxylic acids is 1. The topological polar surface area (TPSA) is 64.5 Å². The number of methoxy groups -OCH3 is 2. The maximum absolute atomic E-state index is 12.7. The second-order valence-corrected chi connectivity index (χ2v) is 6.15. The van der Waals surface area contributed by atoms with Gasteiger partial charge in [-0.15, -0.1) is 10.2 Å². The fourth-order valence-electron chi connectivity index (χ4n) is 2.30. The predicted molar refractivity (Wildman–Crippen MR) is 97.6 cm³/mol. The third kappa shape index (κ3) is 3.46. The number of ether oxygens (including phenoxy) is 2. The lowest BCUT2D eigenvalue weighted by Gasteiger charge is -2.14. The Kier molecular flexibility index (Phi) is 4.95. The largest absolute Gasteiger partial charge is 0.493 e. The average Bonchev–Trinajstić information content (AvgIpc) is 3.17. The summed E-state index contributed by atoms with van der Waals surface area (Å²) >= 11 is 1.36. The maximum Gasteiger partial charge on any atom is 0.259 e. The predicted octanol–water partition coefficient (Wildman–Crippen LogP) is 3.50. The molecule has 0 bridgehead atoms. The van der Waals surface area contributed by atoms with E-state index in [1.54, 1.807) is 32.4 Å². The Labute approximate surface area is 149 Å². The molecule has 2 aromatic carbocycles. The smallest absolute Gasteiger partial charge is 0.259 e. The van der Waals surface area contributed by atoms with Crippen LogP contribution in [0.5, 0.6) is 11.5 Å². The van der Waals surface area contributed by atoms with Gasteiger partial charge in [0.1, 0.15) is 5.01 Å². The van der Waals surface area contributed by atoms with Crippen molar-refractivity contribution in [1.29, 1.82) is 0 Å². The molecule has 0 saturated carbocycles. The molecule has 0 atom stereocenters. The number of carbonyl (C=O) groups is 1. The second-order valence-electron chi connectivity index (χ2n) is 5.19. The minimum absolute atomic E-state index is 0.197. The number of hydrogen-bond acceptors (Lipinski definition) is 6. The van der Waals surface area contributed by atoms with Gasteiger partial charge in [-0.3, -0.25) is 9.69 Å². The quantitative estimate of drug-likeness (QED) is 0.701. The van der Waals surface area contributed by atoms with Gasteiger partial charge in [-0.2, -0.15) is 0 Å². The van der Waals surface area contributed by atoms with Gasteiger partial charge < -0.3 is 9.47 Å². The maximum atomic E-state index is 12.7. The number of benzene rings is 2. The minimum Gasteiger partial charge on any atom is -0.493 e. The Morgan fingerprint density at radius 1 is 1.00 bits per heavy atom. The van der Waals surface area contributed by atoms with Crippen LogP contribution < -0.4 is 14.4 Å². The van der Waals surface area contributed by atoms with Crippen molar-refractivity contribution in [2.24, 2.45) is 0 Å². The molecular weight excluding hydrogens is 338 g/mol. The first-order chi connectivity index (χ1) is 12.1. The molecule has 128 valence electrons. The van der Waals surface area contributed by atoms with E-state index in [1.165, 1.54) is 23.3 Å². The van der Waals surface area contributed by atoms with Crippen LogP contribution in [-0.2, 0) is 0 Å². The van der Waals surface area contributed by atoms with Crippen LogP contribution in [0.15, 0.2) is 48.5 Å². The minimum atomic E-state index is -0.197. The van der Waals surface area contributed by atoms with Crippen LogP contribution in [0.1, 0.15) is 10.4 Å². The molecule has 1 heterocycles. The van der Waals surface area contributed by atoms with Crippen molar-refractivity contribution in [2.45, 2.75) is 0 Å². The highest BCUT2D eigenvalue weighted by atomic mass is 32.1. The van der Waals surface area contributed by atoms with Gasteiger partial charge in [0.05, 0.1) is 14.2 Å². The molecule has 6 nitrogen and oxygen atoms in total. The van der Waals surface area contributed by atoms with Crippen molar-refractivity contribution in [3.05, 3.63) is 54.1 Å². The lowest BCUT2D eigenvalue weighted by Crippen LogP contribution is -2.26. The number of aromatic nitrogens is 2. The van der Waals surface area contributed by atoms with Crippen LogP contribution in [0, 0.1) is 0 Å². The van der Waals surface area contributed by atoms with E-state index in [-0.39, 0.29) is 5.91 Å². The molecule has 1 amide bonds. The highest BCUT2D eigenvalue weighted by Crippen LogP contribution is 2.31. The standard InChI is InChI=1S/C18H17N3O3S/c1-21(17(22)13-9-10-14(23-2)15(11-13)24-3)18-20-19-16(25-18)12-7-5-4-6-8-12/h4-11H,1-3H3. The van der Waals surface area contributed by atoms with E-state index in [9.17, 15) is 4.79 Å². The Balaban J connectivity index is 1.85. The van der Waals surface area contributed by atoms with Crippen LogP contribution in [0.25, 0.3) is 10.6 Å². The molecular formula is C18H17N3O3S. The van der Waals surface area contributed by atoms with Crippen molar-refractivity contribution >= 4 is 22.4 Å². The fraction of sp³-hybridized carbons (Fsp3) is 0.167. The van der Waals surface area contributed by atoms with Crippen LogP contribution in [0.3, 0.4) is 0 Å². The average molecular weight is 355 g/mol. The molecule has 7 heteroatoms. The van der Waals surface area contributed by atoms with Crippen LogP contribution in [0.4, 0.5) is 5.13 Å². The molecule has 0 saturated heterocycles. The molecule has 0 fully saturated rings. The van der Waals surface area contributed by atoms with E-state index in [1.807, 2.05) is 30.3 Å². The van der Waals surface area contributed by atoms with E-state index < -0.39 is 0 Å². The first-order valence-electron chi connectivity index (χ1n) is 7.53. The molecule has 1 aromatic heterocycles. The van der Waals surface area contributed by atoms with Gasteiger partial charge in [0.2, 0.25) is 5.13 Å². The Morgan fingerprint density at radius 2 is 1.72 bits per heavy atom. The summed E-state index contributed by atoms with van der Waals surface area (Å²) in [6.45, 7) is 0. The summed E-state index contributed by atoms with van der Waals surface area (Å²) in [6.07, 6.45) is 0. The van der Waals surface area contributed by atoms with E-state index in [2.05, 4.69) is 10.2 Å². The molecule has 3 rings (SSSR count). The Bertz CT molecular complexity index is 880. The molecule has 25 heavy (non-hydrogen) atoms. The lowest BCUT2D eigenvalue weighted by atomic mass is 10.2. The Morgan fingerprint density at radius 3 is 2.40 bits per heavy atom. The van der Waals surface area contributed by atoms with E-state index in [0.29, 0.717) is 22.2 Å². The van der Waals surface area contributed by atoms with Gasteiger partial charge >= 0.3 is 0 Å². The summed E-state index contributed by atoms with van der Waals surface area (Å²) in [5.74, 6) is 0.879. The van der Waals surface area contributed by atoms with Gasteiger partial charge in [-0.05, 0) is 18.2 Å². The van der Waals surface area contributed by atoms with Gasteiger partial charge in [0.15, 0.2) is 11.5 Å². The molecule has 0 aliphatic carbocycles. The molecule has 0 aliphatic heterocycles. The zero-order chi connectivity index (χ0) is 17.8. The van der Waals surface area contributed by atoms with Gasteiger partial charge in [-0.1, -0.05) is 41.7 Å². The molecule has 0 N–H and O–H groups in total. The van der Waals surface area contributed by atoms with E-state index >= 15 is 0 Å². The number of nitrogens with zero attached hydrogens (tertiary/aromatic N) is 3. The van der Waals surface area contributed by atoms with E-state index in [4.69, 9.17) is 9.47 Å². The molecule has 0 spiro atoms. The SMILES string of the molecule is COc1ccc(C(=O)N(C)c2nnc(-c3ccccc3)s2)cc1OC. The molecule has 0 unspecified atom stereocenters. The monoisotopic (exact) mass is 355 g/mol. The lowest BCUT2D eigenvalue weighted by molar-refractivity contribution is 0.0992. The number of rotatable bonds is 5. The number of anilines is 1. The number of amides is 1. The van der Waals surface area contributed by atoms with Crippen LogP contribution in [-0.4, -0.2) is 37.4 Å². The fourth-order valence-corrected chi connectivity index (χ4v) is 3.11. The first-order valence-corrected chi connectivity index (χ1v) is 8.34. The van der Waals surface area contributed by atoms with Crippen molar-refractivity contribution in [3.63, 3.8) is 0 Å². The van der Waals surface area contributed by atoms with Crippen molar-refractivity contribution in [2.75, 3.05) is 26.2 Å². The first kappa shape index (κ1) is 16.9. The van der Waals surface area contributed by atoms with Gasteiger partial charge in [0, 0.05) is 18.2 Å². The second kappa shape index (κ2) is 7.31. The third-order valence-electron chi connectivity index (χ3n) is 3.66. The summed E-state index contributed by atoms with van der Waals surface area (Å²) in [5.41, 5.74) is 1.45. The summed E-state index contributed by atoms with van der Waals surface area (Å²) < 4.78 is 10.5. The molecule has 0 radical (unpaired) electrons. The van der Waals surface area contributed by atoms with E-state index in [0.717, 1.165) is 10.6 Å². The van der Waals surface area contributed by atoms with Crippen LogP contribution in [0.2, 0.25) is 0 Å². The van der Waals surface area contributed by atoms with Gasteiger partial charge in [0.25, 0.3) is 5.91 Å². The summed E-state index contributed by atoms with van der Waals surface area (Å²) in [7, 11) is 4.76. The zero-order valence-electron chi connectivity index (χ0n) is 14.1.